The van der Waals surface area contributed by atoms with Crippen LogP contribution < -0.4 is 5.32 Å². The molecule has 1 amide bonds. The molecule has 1 unspecified atom stereocenters. The van der Waals surface area contributed by atoms with Crippen LogP contribution in [0, 0.1) is 12.8 Å². The van der Waals surface area contributed by atoms with Crippen LogP contribution in [0.2, 0.25) is 0 Å². The summed E-state index contributed by atoms with van der Waals surface area (Å²) in [6.45, 7) is 3.29. The molecule has 6 nitrogen and oxygen atoms in total. The van der Waals surface area contributed by atoms with E-state index in [2.05, 4.69) is 27.3 Å². The molecule has 126 valence electrons. The number of carbonyl (C=O) groups is 1. The number of hydrogen-bond acceptors (Lipinski definition) is 4. The van der Waals surface area contributed by atoms with E-state index in [0.29, 0.717) is 6.54 Å². The number of nitrogens with zero attached hydrogens (tertiary/aromatic N) is 4. The Morgan fingerprint density at radius 3 is 3.12 bits per heavy atom. The monoisotopic (exact) mass is 325 g/mol. The molecular formula is C18H23N5O. The first-order chi connectivity index (χ1) is 11.7. The molecule has 2 aromatic heterocycles. The molecule has 24 heavy (non-hydrogen) atoms. The minimum Gasteiger partial charge on any atom is -0.349 e. The van der Waals surface area contributed by atoms with Crippen LogP contribution in [-0.4, -0.2) is 25.7 Å². The normalized spacial score (nSPS) is 19.5. The van der Waals surface area contributed by atoms with Crippen LogP contribution in [0.1, 0.15) is 47.7 Å². The molecule has 0 spiro atoms. The lowest BCUT2D eigenvalue weighted by molar-refractivity contribution is -0.125. The molecule has 1 N–H and O–H groups in total. The Kier molecular flexibility index (Phi) is 4.04. The lowest BCUT2D eigenvalue weighted by Crippen LogP contribution is -2.35. The van der Waals surface area contributed by atoms with E-state index in [1.54, 1.807) is 6.20 Å². The third-order valence-electron chi connectivity index (χ3n) is 5.18. The molecule has 2 aliphatic rings. The Morgan fingerprint density at radius 1 is 1.33 bits per heavy atom. The standard InChI is InChI=1S/C18H23N5O/c1-12-15-4-2-3-5-16(15)22-17(21-12)11-19-18(24)13-7-9-23-14(10-13)6-8-20-23/h6,8,13H,2-5,7,9-11H2,1H3,(H,19,24). The molecule has 0 bridgehead atoms. The van der Waals surface area contributed by atoms with Gasteiger partial charge < -0.3 is 5.32 Å². The second-order valence-corrected chi connectivity index (χ2v) is 6.81. The van der Waals surface area contributed by atoms with Crippen molar-refractivity contribution in [2.75, 3.05) is 0 Å². The van der Waals surface area contributed by atoms with Crippen LogP contribution in [0.4, 0.5) is 0 Å². The van der Waals surface area contributed by atoms with Crippen molar-refractivity contribution in [3.05, 3.63) is 40.7 Å². The van der Waals surface area contributed by atoms with Crippen LogP contribution in [0.3, 0.4) is 0 Å². The van der Waals surface area contributed by atoms with Crippen molar-refractivity contribution in [2.45, 2.75) is 58.5 Å². The number of nitrogens with one attached hydrogen (secondary N) is 1. The van der Waals surface area contributed by atoms with Crippen LogP contribution >= 0.6 is 0 Å². The van der Waals surface area contributed by atoms with Gasteiger partial charge in [0.25, 0.3) is 0 Å². The first kappa shape index (κ1) is 15.3. The van der Waals surface area contributed by atoms with Crippen molar-refractivity contribution >= 4 is 5.91 Å². The smallest absolute Gasteiger partial charge is 0.223 e. The van der Waals surface area contributed by atoms with Crippen molar-refractivity contribution in [2.24, 2.45) is 5.92 Å². The van der Waals surface area contributed by atoms with Crippen molar-refractivity contribution in [3.8, 4) is 0 Å². The van der Waals surface area contributed by atoms with E-state index < -0.39 is 0 Å². The molecule has 1 aliphatic heterocycles. The zero-order valence-corrected chi connectivity index (χ0v) is 14.1. The third kappa shape index (κ3) is 2.92. The summed E-state index contributed by atoms with van der Waals surface area (Å²) in [6.07, 6.45) is 7.95. The maximum absolute atomic E-state index is 12.5. The summed E-state index contributed by atoms with van der Waals surface area (Å²) < 4.78 is 1.99. The van der Waals surface area contributed by atoms with E-state index in [-0.39, 0.29) is 11.8 Å². The SMILES string of the molecule is Cc1nc(CNC(=O)C2CCn3nccc3C2)nc2c1CCCC2. The Bertz CT molecular complexity index is 767. The van der Waals surface area contributed by atoms with Gasteiger partial charge in [0, 0.05) is 42.2 Å². The average molecular weight is 325 g/mol. The van der Waals surface area contributed by atoms with Crippen LogP contribution in [0.25, 0.3) is 0 Å². The zero-order valence-electron chi connectivity index (χ0n) is 14.1. The van der Waals surface area contributed by atoms with Crippen LogP contribution in [0.15, 0.2) is 12.3 Å². The summed E-state index contributed by atoms with van der Waals surface area (Å²) in [6, 6.07) is 2.00. The average Bonchev–Trinajstić information content (AvgIpc) is 3.07. The predicted molar refractivity (Wildman–Crippen MR) is 89.3 cm³/mol. The van der Waals surface area contributed by atoms with E-state index in [0.717, 1.165) is 49.4 Å². The molecule has 6 heteroatoms. The topological polar surface area (TPSA) is 72.7 Å². The highest BCUT2D eigenvalue weighted by Crippen LogP contribution is 2.22. The number of carbonyl (C=O) groups excluding carboxylic acids is 1. The van der Waals surface area contributed by atoms with Crippen LogP contribution in [0.5, 0.6) is 0 Å². The lowest BCUT2D eigenvalue weighted by Gasteiger charge is -2.22. The highest BCUT2D eigenvalue weighted by Gasteiger charge is 2.25. The molecule has 0 aromatic carbocycles. The van der Waals surface area contributed by atoms with Gasteiger partial charge in [0.1, 0.15) is 5.82 Å². The quantitative estimate of drug-likeness (QED) is 0.933. The van der Waals surface area contributed by atoms with Gasteiger partial charge in [0.05, 0.1) is 6.54 Å². The van der Waals surface area contributed by atoms with Gasteiger partial charge in [0.15, 0.2) is 0 Å². The van der Waals surface area contributed by atoms with E-state index in [9.17, 15) is 4.79 Å². The van der Waals surface area contributed by atoms with E-state index in [1.165, 1.54) is 24.1 Å². The van der Waals surface area contributed by atoms with Gasteiger partial charge in [-0.3, -0.25) is 9.48 Å². The summed E-state index contributed by atoms with van der Waals surface area (Å²) in [5, 5.41) is 7.29. The minimum atomic E-state index is 0.0212. The molecule has 0 saturated heterocycles. The molecule has 0 saturated carbocycles. The third-order valence-corrected chi connectivity index (χ3v) is 5.18. The fraction of sp³-hybridized carbons (Fsp3) is 0.556. The molecule has 1 aliphatic carbocycles. The van der Waals surface area contributed by atoms with Gasteiger partial charge in [0.2, 0.25) is 5.91 Å². The summed E-state index contributed by atoms with van der Waals surface area (Å²) in [4.78, 5) is 21.8. The zero-order chi connectivity index (χ0) is 16.5. The number of aromatic nitrogens is 4. The number of fused-ring (bicyclic) bond motifs is 2. The van der Waals surface area contributed by atoms with Crippen molar-refractivity contribution in [1.29, 1.82) is 0 Å². The largest absolute Gasteiger partial charge is 0.349 e. The van der Waals surface area contributed by atoms with E-state index in [1.807, 2.05) is 10.7 Å². The van der Waals surface area contributed by atoms with Gasteiger partial charge in [-0.1, -0.05) is 0 Å². The molecule has 3 heterocycles. The summed E-state index contributed by atoms with van der Waals surface area (Å²) in [5.41, 5.74) is 4.71. The fourth-order valence-corrected chi connectivity index (χ4v) is 3.83. The van der Waals surface area contributed by atoms with Crippen molar-refractivity contribution < 1.29 is 4.79 Å². The first-order valence-corrected chi connectivity index (χ1v) is 8.84. The highest BCUT2D eigenvalue weighted by molar-refractivity contribution is 5.78. The van der Waals surface area contributed by atoms with Gasteiger partial charge in [-0.15, -0.1) is 0 Å². The molecule has 1 atom stereocenters. The highest BCUT2D eigenvalue weighted by atomic mass is 16.1. The molecule has 0 radical (unpaired) electrons. The summed E-state index contributed by atoms with van der Waals surface area (Å²) in [5.74, 6) is 0.858. The first-order valence-electron chi connectivity index (χ1n) is 8.84. The maximum Gasteiger partial charge on any atom is 0.223 e. The summed E-state index contributed by atoms with van der Waals surface area (Å²) in [7, 11) is 0. The van der Waals surface area contributed by atoms with Crippen molar-refractivity contribution in [3.63, 3.8) is 0 Å². The second kappa shape index (κ2) is 6.34. The van der Waals surface area contributed by atoms with Crippen LogP contribution in [-0.2, 0) is 37.1 Å². The number of aryl methyl sites for hydroxylation is 3. The molecular weight excluding hydrogens is 302 g/mol. The van der Waals surface area contributed by atoms with Gasteiger partial charge in [-0.2, -0.15) is 5.10 Å². The maximum atomic E-state index is 12.5. The second-order valence-electron chi connectivity index (χ2n) is 6.81. The predicted octanol–water partition coefficient (Wildman–Crippen LogP) is 1.74. The number of hydrogen-bond donors (Lipinski definition) is 1. The molecule has 2 aromatic rings. The lowest BCUT2D eigenvalue weighted by atomic mass is 9.95. The number of rotatable bonds is 3. The Labute approximate surface area is 141 Å². The van der Waals surface area contributed by atoms with Gasteiger partial charge in [-0.25, -0.2) is 9.97 Å². The minimum absolute atomic E-state index is 0.0212. The fourth-order valence-electron chi connectivity index (χ4n) is 3.83. The Hall–Kier alpha value is -2.24. The summed E-state index contributed by atoms with van der Waals surface area (Å²) >= 11 is 0. The van der Waals surface area contributed by atoms with Gasteiger partial charge >= 0.3 is 0 Å². The Balaban J connectivity index is 1.40. The molecule has 0 fully saturated rings. The van der Waals surface area contributed by atoms with Crippen molar-refractivity contribution in [1.82, 2.24) is 25.1 Å². The van der Waals surface area contributed by atoms with E-state index >= 15 is 0 Å². The van der Waals surface area contributed by atoms with Gasteiger partial charge in [-0.05, 0) is 50.7 Å². The Morgan fingerprint density at radius 2 is 2.21 bits per heavy atom. The molecule has 4 rings (SSSR count). The van der Waals surface area contributed by atoms with E-state index in [4.69, 9.17) is 0 Å². The number of amides is 1.